The molecule has 0 radical (unpaired) electrons. The van der Waals surface area contributed by atoms with E-state index in [9.17, 15) is 4.79 Å². The monoisotopic (exact) mass is 279 g/mol. The van der Waals surface area contributed by atoms with Gasteiger partial charge in [0.2, 0.25) is 0 Å². The van der Waals surface area contributed by atoms with Gasteiger partial charge in [-0.05, 0) is 43.1 Å². The lowest BCUT2D eigenvalue weighted by molar-refractivity contribution is 0.0833. The Kier molecular flexibility index (Phi) is 2.96. The number of carbonyl (C=O) groups is 1. The molecule has 0 saturated heterocycles. The molecule has 2 saturated carbocycles. The molecule has 1 heterocycles. The quantitative estimate of drug-likeness (QED) is 0.871. The third kappa shape index (κ3) is 2.43. The van der Waals surface area contributed by atoms with Crippen molar-refractivity contribution in [3.05, 3.63) is 10.9 Å². The summed E-state index contributed by atoms with van der Waals surface area (Å²) in [6.07, 6.45) is 5.52. The lowest BCUT2D eigenvalue weighted by atomic mass is 10.0. The molecule has 5 heteroatoms. The summed E-state index contributed by atoms with van der Waals surface area (Å²) in [7, 11) is 3.50. The van der Waals surface area contributed by atoms with Crippen LogP contribution in [0.1, 0.15) is 35.4 Å². The van der Waals surface area contributed by atoms with E-state index < -0.39 is 0 Å². The van der Waals surface area contributed by atoms with E-state index in [1.54, 1.807) is 19.0 Å². The van der Waals surface area contributed by atoms with E-state index in [2.05, 4.69) is 5.32 Å². The molecule has 3 N–H and O–H groups in total. The summed E-state index contributed by atoms with van der Waals surface area (Å²) >= 11 is 1.47. The van der Waals surface area contributed by atoms with Gasteiger partial charge in [0.05, 0.1) is 10.7 Å². The normalized spacial score (nSPS) is 20.1. The van der Waals surface area contributed by atoms with Crippen molar-refractivity contribution in [3.63, 3.8) is 0 Å². The molecule has 1 aromatic rings. The van der Waals surface area contributed by atoms with E-state index in [0.29, 0.717) is 16.0 Å². The fourth-order valence-electron chi connectivity index (χ4n) is 2.71. The predicted octanol–water partition coefficient (Wildman–Crippen LogP) is 2.63. The molecule has 19 heavy (non-hydrogen) atoms. The van der Waals surface area contributed by atoms with Gasteiger partial charge >= 0.3 is 0 Å². The third-order valence-electron chi connectivity index (χ3n) is 4.31. The minimum Gasteiger partial charge on any atom is -0.397 e. The number of hydrogen-bond acceptors (Lipinski definition) is 4. The number of thiophene rings is 1. The number of amides is 1. The Hall–Kier alpha value is -1.23. The van der Waals surface area contributed by atoms with Crippen molar-refractivity contribution in [2.24, 2.45) is 11.3 Å². The number of nitrogens with zero attached hydrogens (tertiary/aromatic N) is 1. The summed E-state index contributed by atoms with van der Waals surface area (Å²) in [6, 6.07) is 1.89. The summed E-state index contributed by atoms with van der Waals surface area (Å²) in [6.45, 7) is 1.03. The average molecular weight is 279 g/mol. The fraction of sp³-hybridized carbons (Fsp3) is 0.643. The van der Waals surface area contributed by atoms with Crippen molar-refractivity contribution in [1.29, 1.82) is 0 Å². The highest BCUT2D eigenvalue weighted by molar-refractivity contribution is 7.18. The van der Waals surface area contributed by atoms with Crippen LogP contribution in [0.5, 0.6) is 0 Å². The smallest absolute Gasteiger partial charge is 0.265 e. The average Bonchev–Trinajstić information content (AvgIpc) is 3.23. The minimum atomic E-state index is -0.0149. The molecule has 3 rings (SSSR count). The van der Waals surface area contributed by atoms with Crippen LogP contribution in [-0.2, 0) is 0 Å². The minimum absolute atomic E-state index is 0.0149. The Bertz CT molecular complexity index is 501. The first-order valence-corrected chi connectivity index (χ1v) is 7.68. The van der Waals surface area contributed by atoms with Crippen LogP contribution < -0.4 is 11.1 Å². The largest absolute Gasteiger partial charge is 0.397 e. The maximum absolute atomic E-state index is 11.9. The van der Waals surface area contributed by atoms with Crippen LogP contribution in [0.25, 0.3) is 0 Å². The molecule has 4 nitrogen and oxygen atoms in total. The summed E-state index contributed by atoms with van der Waals surface area (Å²) in [5.41, 5.74) is 7.08. The second-order valence-electron chi connectivity index (χ2n) is 6.08. The molecule has 0 aliphatic heterocycles. The van der Waals surface area contributed by atoms with E-state index in [-0.39, 0.29) is 5.91 Å². The van der Waals surface area contributed by atoms with Crippen molar-refractivity contribution < 1.29 is 4.79 Å². The van der Waals surface area contributed by atoms with E-state index in [4.69, 9.17) is 5.73 Å². The highest BCUT2D eigenvalue weighted by Crippen LogP contribution is 2.61. The standard InChI is InChI=1S/C14H21N3OS/c1-17(2)13(18)12-10(15)7-11(19-12)16-8-14(5-6-14)9-3-4-9/h7,9,16H,3-6,8,15H2,1-2H3. The third-order valence-corrected chi connectivity index (χ3v) is 5.41. The van der Waals surface area contributed by atoms with Gasteiger partial charge in [0, 0.05) is 20.6 Å². The lowest BCUT2D eigenvalue weighted by Crippen LogP contribution is -2.21. The van der Waals surface area contributed by atoms with Crippen molar-refractivity contribution in [3.8, 4) is 0 Å². The Labute approximate surface area is 118 Å². The van der Waals surface area contributed by atoms with E-state index in [0.717, 1.165) is 17.5 Å². The predicted molar refractivity (Wildman–Crippen MR) is 79.6 cm³/mol. The van der Waals surface area contributed by atoms with Crippen molar-refractivity contribution in [2.45, 2.75) is 25.7 Å². The first kappa shape index (κ1) is 12.8. The van der Waals surface area contributed by atoms with Crippen LogP contribution in [0.2, 0.25) is 0 Å². The number of nitrogens with two attached hydrogens (primary N) is 1. The number of hydrogen-bond donors (Lipinski definition) is 2. The summed E-state index contributed by atoms with van der Waals surface area (Å²) in [5.74, 6) is 0.930. The molecule has 0 bridgehead atoms. The molecule has 1 amide bonds. The van der Waals surface area contributed by atoms with Crippen LogP contribution in [0.4, 0.5) is 10.7 Å². The Balaban J connectivity index is 1.65. The van der Waals surface area contributed by atoms with Gasteiger partial charge in [-0.3, -0.25) is 4.79 Å². The maximum Gasteiger partial charge on any atom is 0.265 e. The molecule has 1 aromatic heterocycles. The van der Waals surface area contributed by atoms with Crippen LogP contribution in [0.15, 0.2) is 6.07 Å². The van der Waals surface area contributed by atoms with Gasteiger partial charge in [0.15, 0.2) is 0 Å². The van der Waals surface area contributed by atoms with Crippen LogP contribution in [0.3, 0.4) is 0 Å². The van der Waals surface area contributed by atoms with Gasteiger partial charge in [0.1, 0.15) is 4.88 Å². The first-order chi connectivity index (χ1) is 9.02. The zero-order chi connectivity index (χ0) is 13.6. The molecule has 0 unspecified atom stereocenters. The Morgan fingerprint density at radius 3 is 2.74 bits per heavy atom. The Morgan fingerprint density at radius 2 is 2.21 bits per heavy atom. The first-order valence-electron chi connectivity index (χ1n) is 6.87. The summed E-state index contributed by atoms with van der Waals surface area (Å²) in [5, 5.41) is 4.51. The van der Waals surface area contributed by atoms with Crippen LogP contribution in [-0.4, -0.2) is 31.4 Å². The molecule has 2 aliphatic rings. The SMILES string of the molecule is CN(C)C(=O)c1sc(NCC2(C3CC3)CC2)cc1N. The van der Waals surface area contributed by atoms with E-state index >= 15 is 0 Å². The number of nitrogen functional groups attached to an aromatic ring is 1. The second kappa shape index (κ2) is 4.40. The molecular weight excluding hydrogens is 258 g/mol. The maximum atomic E-state index is 11.9. The van der Waals surface area contributed by atoms with Gasteiger partial charge in [-0.15, -0.1) is 11.3 Å². The fourth-order valence-corrected chi connectivity index (χ4v) is 3.71. The number of rotatable bonds is 5. The molecular formula is C14H21N3OS. The zero-order valence-electron chi connectivity index (χ0n) is 11.5. The number of anilines is 2. The van der Waals surface area contributed by atoms with E-state index in [1.807, 2.05) is 6.07 Å². The van der Waals surface area contributed by atoms with Crippen LogP contribution >= 0.6 is 11.3 Å². The Morgan fingerprint density at radius 1 is 1.53 bits per heavy atom. The molecule has 2 fully saturated rings. The van der Waals surface area contributed by atoms with Gasteiger partial charge < -0.3 is 16.0 Å². The second-order valence-corrected chi connectivity index (χ2v) is 7.14. The molecule has 0 aromatic carbocycles. The highest BCUT2D eigenvalue weighted by Gasteiger charge is 2.53. The summed E-state index contributed by atoms with van der Waals surface area (Å²) < 4.78 is 0. The van der Waals surface area contributed by atoms with E-state index in [1.165, 1.54) is 37.0 Å². The van der Waals surface area contributed by atoms with Gasteiger partial charge in [-0.25, -0.2) is 0 Å². The van der Waals surface area contributed by atoms with Crippen molar-refractivity contribution >= 4 is 27.9 Å². The van der Waals surface area contributed by atoms with Gasteiger partial charge in [-0.2, -0.15) is 0 Å². The summed E-state index contributed by atoms with van der Waals surface area (Å²) in [4.78, 5) is 14.1. The molecule has 2 aliphatic carbocycles. The molecule has 0 atom stereocenters. The van der Waals surface area contributed by atoms with Crippen LogP contribution in [0, 0.1) is 11.3 Å². The van der Waals surface area contributed by atoms with Crippen molar-refractivity contribution in [2.75, 3.05) is 31.7 Å². The topological polar surface area (TPSA) is 58.4 Å². The number of carbonyl (C=O) groups excluding carboxylic acids is 1. The lowest BCUT2D eigenvalue weighted by Gasteiger charge is -2.14. The van der Waals surface area contributed by atoms with Gasteiger partial charge in [-0.1, -0.05) is 0 Å². The highest BCUT2D eigenvalue weighted by atomic mass is 32.1. The zero-order valence-corrected chi connectivity index (χ0v) is 12.3. The molecule has 0 spiro atoms. The number of nitrogens with one attached hydrogen (secondary N) is 1. The molecule has 104 valence electrons. The van der Waals surface area contributed by atoms with Gasteiger partial charge in [0.25, 0.3) is 5.91 Å². The van der Waals surface area contributed by atoms with Crippen molar-refractivity contribution in [1.82, 2.24) is 4.90 Å².